The van der Waals surface area contributed by atoms with Crippen molar-refractivity contribution in [2.75, 3.05) is 26.3 Å². The fraction of sp³-hybridized carbons (Fsp3) is 0.708. The number of carbonyl (C=O) groups is 1. The second-order valence-corrected chi connectivity index (χ2v) is 11.7. The molecule has 1 saturated carbocycles. The molecule has 0 atom stereocenters. The largest absolute Gasteiger partial charge is 0.444 e. The van der Waals surface area contributed by atoms with Crippen molar-refractivity contribution in [1.29, 1.82) is 0 Å². The Balaban J connectivity index is 1.33. The molecule has 2 fully saturated rings. The standard InChI is InChI=1S/C24H37NO6S/c1-23(2,3)31-22(26)25-15-13-24(14-16-25)11-9-21(10-12-24)29-17-18-30-32(27,28)19-20-7-5-4-6-8-20/h4-8,21H,9-19H2,1-3H3. The summed E-state index contributed by atoms with van der Waals surface area (Å²) in [6.07, 6.45) is 6.00. The van der Waals surface area contributed by atoms with Gasteiger partial charge in [0.25, 0.3) is 10.1 Å². The molecule has 1 saturated heterocycles. The number of piperidine rings is 1. The molecule has 0 bridgehead atoms. The van der Waals surface area contributed by atoms with Crippen LogP contribution in [-0.4, -0.2) is 57.4 Å². The van der Waals surface area contributed by atoms with Gasteiger partial charge in [0, 0.05) is 13.1 Å². The predicted molar refractivity (Wildman–Crippen MR) is 123 cm³/mol. The van der Waals surface area contributed by atoms with Crippen LogP contribution in [0.2, 0.25) is 0 Å². The lowest BCUT2D eigenvalue weighted by Crippen LogP contribution is -2.46. The molecule has 1 aliphatic heterocycles. The van der Waals surface area contributed by atoms with Gasteiger partial charge in [0.05, 0.1) is 19.3 Å². The molecule has 1 spiro atoms. The van der Waals surface area contributed by atoms with E-state index in [2.05, 4.69) is 0 Å². The summed E-state index contributed by atoms with van der Waals surface area (Å²) >= 11 is 0. The third kappa shape index (κ3) is 7.74. The van der Waals surface area contributed by atoms with Crippen molar-refractivity contribution in [3.05, 3.63) is 35.9 Å². The zero-order valence-corrected chi connectivity index (χ0v) is 20.4. The molecule has 2 aliphatic rings. The summed E-state index contributed by atoms with van der Waals surface area (Å²) in [5.41, 5.74) is 0.531. The van der Waals surface area contributed by atoms with Crippen molar-refractivity contribution in [3.63, 3.8) is 0 Å². The summed E-state index contributed by atoms with van der Waals surface area (Å²) in [6, 6.07) is 9.01. The maximum Gasteiger partial charge on any atom is 0.410 e. The van der Waals surface area contributed by atoms with Crippen molar-refractivity contribution in [1.82, 2.24) is 4.90 Å². The number of amides is 1. The molecule has 1 aliphatic carbocycles. The highest BCUT2D eigenvalue weighted by Gasteiger charge is 2.40. The molecule has 7 nitrogen and oxygen atoms in total. The van der Waals surface area contributed by atoms with Crippen molar-refractivity contribution in [2.24, 2.45) is 5.41 Å². The maximum absolute atomic E-state index is 12.3. The Morgan fingerprint density at radius 3 is 2.25 bits per heavy atom. The molecule has 0 radical (unpaired) electrons. The molecule has 1 aromatic rings. The van der Waals surface area contributed by atoms with E-state index in [4.69, 9.17) is 13.7 Å². The van der Waals surface area contributed by atoms with E-state index in [9.17, 15) is 13.2 Å². The first-order chi connectivity index (χ1) is 15.1. The Kier molecular flexibility index (Phi) is 8.22. The molecule has 3 rings (SSSR count). The number of carbonyl (C=O) groups excluding carboxylic acids is 1. The SMILES string of the molecule is CC(C)(C)OC(=O)N1CCC2(CCC(OCCOS(=O)(=O)Cc3ccccc3)CC2)CC1. The number of likely N-dealkylation sites (tertiary alicyclic amines) is 1. The van der Waals surface area contributed by atoms with Crippen LogP contribution in [0.15, 0.2) is 30.3 Å². The lowest BCUT2D eigenvalue weighted by Gasteiger charge is -2.45. The van der Waals surface area contributed by atoms with Gasteiger partial charge in [-0.15, -0.1) is 0 Å². The van der Waals surface area contributed by atoms with Gasteiger partial charge in [-0.05, 0) is 70.3 Å². The summed E-state index contributed by atoms with van der Waals surface area (Å²) in [4.78, 5) is 14.1. The molecule has 1 heterocycles. The van der Waals surface area contributed by atoms with E-state index in [1.807, 2.05) is 43.9 Å². The summed E-state index contributed by atoms with van der Waals surface area (Å²) in [5, 5.41) is 0. The van der Waals surface area contributed by atoms with Gasteiger partial charge in [0.15, 0.2) is 0 Å². The molecule has 8 heteroatoms. The lowest BCUT2D eigenvalue weighted by atomic mass is 9.67. The van der Waals surface area contributed by atoms with Crippen LogP contribution in [0.4, 0.5) is 4.79 Å². The fourth-order valence-electron chi connectivity index (χ4n) is 4.56. The summed E-state index contributed by atoms with van der Waals surface area (Å²) < 4.78 is 40.7. The van der Waals surface area contributed by atoms with Crippen molar-refractivity contribution >= 4 is 16.2 Å². The first-order valence-corrected chi connectivity index (χ1v) is 13.1. The Hall–Kier alpha value is -1.64. The zero-order valence-electron chi connectivity index (χ0n) is 19.5. The second kappa shape index (κ2) is 10.5. The third-order valence-electron chi connectivity index (χ3n) is 6.36. The van der Waals surface area contributed by atoms with E-state index in [1.165, 1.54) is 0 Å². The number of ether oxygens (including phenoxy) is 2. The normalized spacial score (nSPS) is 19.8. The third-order valence-corrected chi connectivity index (χ3v) is 7.57. The minimum atomic E-state index is -3.61. The van der Waals surface area contributed by atoms with Gasteiger partial charge >= 0.3 is 6.09 Å². The lowest BCUT2D eigenvalue weighted by molar-refractivity contribution is -0.0345. The fourth-order valence-corrected chi connectivity index (χ4v) is 5.56. The van der Waals surface area contributed by atoms with E-state index >= 15 is 0 Å². The number of rotatable bonds is 7. The van der Waals surface area contributed by atoms with Gasteiger partial charge in [-0.3, -0.25) is 4.18 Å². The van der Waals surface area contributed by atoms with E-state index in [0.717, 1.165) is 51.6 Å². The van der Waals surface area contributed by atoms with Crippen LogP contribution in [-0.2, 0) is 29.5 Å². The molecule has 0 unspecified atom stereocenters. The predicted octanol–water partition coefficient (Wildman–Crippen LogP) is 4.51. The van der Waals surface area contributed by atoms with E-state index in [1.54, 1.807) is 12.1 Å². The van der Waals surface area contributed by atoms with Crippen LogP contribution in [0.3, 0.4) is 0 Å². The zero-order chi connectivity index (χ0) is 23.2. The van der Waals surface area contributed by atoms with E-state index in [0.29, 0.717) is 5.56 Å². The van der Waals surface area contributed by atoms with Crippen LogP contribution in [0.1, 0.15) is 64.9 Å². The van der Waals surface area contributed by atoms with Gasteiger partial charge in [0.1, 0.15) is 11.4 Å². The number of hydrogen-bond donors (Lipinski definition) is 0. The van der Waals surface area contributed by atoms with Crippen LogP contribution >= 0.6 is 0 Å². The highest BCUT2D eigenvalue weighted by Crippen LogP contribution is 2.45. The first kappa shape index (κ1) is 25.0. The Labute approximate surface area is 192 Å². The molecule has 0 N–H and O–H groups in total. The Bertz CT molecular complexity index is 831. The quantitative estimate of drug-likeness (QED) is 0.433. The first-order valence-electron chi connectivity index (χ1n) is 11.6. The molecular formula is C24H37NO6S. The number of hydrogen-bond acceptors (Lipinski definition) is 6. The van der Waals surface area contributed by atoms with E-state index < -0.39 is 15.7 Å². The van der Waals surface area contributed by atoms with Crippen molar-refractivity contribution in [3.8, 4) is 0 Å². The number of benzene rings is 1. The van der Waals surface area contributed by atoms with Gasteiger partial charge in [-0.1, -0.05) is 30.3 Å². The average molecular weight is 468 g/mol. The highest BCUT2D eigenvalue weighted by molar-refractivity contribution is 7.85. The smallest absolute Gasteiger partial charge is 0.410 e. The molecule has 180 valence electrons. The molecular weight excluding hydrogens is 430 g/mol. The van der Waals surface area contributed by atoms with Gasteiger partial charge < -0.3 is 14.4 Å². The minimum absolute atomic E-state index is 0.0433. The van der Waals surface area contributed by atoms with Crippen LogP contribution in [0.25, 0.3) is 0 Å². The highest BCUT2D eigenvalue weighted by atomic mass is 32.2. The van der Waals surface area contributed by atoms with Gasteiger partial charge in [0.2, 0.25) is 0 Å². The van der Waals surface area contributed by atoms with Crippen molar-refractivity contribution < 1.29 is 26.9 Å². The summed E-state index contributed by atoms with van der Waals surface area (Å²) in [5.74, 6) is -0.125. The average Bonchev–Trinajstić information content (AvgIpc) is 2.72. The van der Waals surface area contributed by atoms with E-state index in [-0.39, 0.29) is 36.6 Å². The van der Waals surface area contributed by atoms with Crippen molar-refractivity contribution in [2.45, 2.75) is 76.8 Å². The Morgan fingerprint density at radius 1 is 1.03 bits per heavy atom. The maximum atomic E-state index is 12.3. The van der Waals surface area contributed by atoms with Crippen LogP contribution in [0, 0.1) is 5.41 Å². The van der Waals surface area contributed by atoms with Crippen LogP contribution in [0.5, 0.6) is 0 Å². The number of nitrogens with zero attached hydrogens (tertiary/aromatic N) is 1. The molecule has 0 aromatic heterocycles. The summed E-state index contributed by atoms with van der Waals surface area (Å²) in [6.45, 7) is 7.48. The minimum Gasteiger partial charge on any atom is -0.444 e. The Morgan fingerprint density at radius 2 is 1.66 bits per heavy atom. The van der Waals surface area contributed by atoms with Crippen LogP contribution < -0.4 is 0 Å². The van der Waals surface area contributed by atoms with Gasteiger partial charge in [-0.25, -0.2) is 4.79 Å². The second-order valence-electron chi connectivity index (χ2n) is 10.0. The topological polar surface area (TPSA) is 82.1 Å². The molecule has 1 amide bonds. The summed E-state index contributed by atoms with van der Waals surface area (Å²) in [7, 11) is -3.61. The van der Waals surface area contributed by atoms with Gasteiger partial charge in [-0.2, -0.15) is 8.42 Å². The monoisotopic (exact) mass is 467 g/mol. The molecule has 1 aromatic carbocycles. The molecule has 32 heavy (non-hydrogen) atoms.